The lowest BCUT2D eigenvalue weighted by Crippen LogP contribution is -2.13. The first-order valence-electron chi connectivity index (χ1n) is 7.55. The Bertz CT molecular complexity index is 848. The molecule has 0 aliphatic heterocycles. The Labute approximate surface area is 144 Å². The molecule has 0 atom stereocenters. The van der Waals surface area contributed by atoms with Crippen LogP contribution in [0.25, 0.3) is 11.1 Å². The lowest BCUT2D eigenvalue weighted by atomic mass is 10.1. The van der Waals surface area contributed by atoms with E-state index in [9.17, 15) is 9.59 Å². The zero-order valence-corrected chi connectivity index (χ0v) is 14.0. The quantitative estimate of drug-likeness (QED) is 0.498. The largest absolute Gasteiger partial charge is 0.453 e. The molecule has 3 rings (SSSR count). The normalized spacial score (nSPS) is 10.4. The number of hydrogen-bond donors (Lipinski definition) is 0. The number of Topliss-reactive ketones (excluding diaryl/α,β-unsaturated/α-hetero) is 1. The first kappa shape index (κ1) is 16.1. The molecule has 0 aliphatic carbocycles. The standard InChI is InChI=1S/C20H16O3S/c1-14-7-9-15(10-8-14)17-11-12-24-19(17)20(22)23-13-18(21)16-5-3-2-4-6-16/h2-12H,13H2,1H3. The van der Waals surface area contributed by atoms with Crippen LogP contribution in [-0.4, -0.2) is 18.4 Å². The molecule has 3 aromatic rings. The van der Waals surface area contributed by atoms with Crippen LogP contribution in [0.15, 0.2) is 66.0 Å². The summed E-state index contributed by atoms with van der Waals surface area (Å²) in [5, 5.41) is 1.85. The number of rotatable bonds is 5. The van der Waals surface area contributed by atoms with Gasteiger partial charge in [0.25, 0.3) is 0 Å². The molecule has 0 aliphatic rings. The molecule has 1 aromatic heterocycles. The molecule has 4 heteroatoms. The summed E-state index contributed by atoms with van der Waals surface area (Å²) < 4.78 is 5.21. The van der Waals surface area contributed by atoms with E-state index in [4.69, 9.17) is 4.74 Å². The fourth-order valence-electron chi connectivity index (χ4n) is 2.33. The summed E-state index contributed by atoms with van der Waals surface area (Å²) in [6.07, 6.45) is 0. The summed E-state index contributed by atoms with van der Waals surface area (Å²) in [4.78, 5) is 24.9. The van der Waals surface area contributed by atoms with Gasteiger partial charge >= 0.3 is 5.97 Å². The van der Waals surface area contributed by atoms with Crippen LogP contribution >= 0.6 is 11.3 Å². The fraction of sp³-hybridized carbons (Fsp3) is 0.100. The van der Waals surface area contributed by atoms with Crippen molar-refractivity contribution in [2.45, 2.75) is 6.92 Å². The van der Waals surface area contributed by atoms with Gasteiger partial charge in [0.15, 0.2) is 12.4 Å². The minimum atomic E-state index is -0.468. The molecule has 0 saturated carbocycles. The SMILES string of the molecule is Cc1ccc(-c2ccsc2C(=O)OCC(=O)c2ccccc2)cc1. The first-order valence-corrected chi connectivity index (χ1v) is 8.43. The highest BCUT2D eigenvalue weighted by Gasteiger charge is 2.17. The van der Waals surface area contributed by atoms with Gasteiger partial charge in [-0.1, -0.05) is 60.2 Å². The van der Waals surface area contributed by atoms with E-state index in [1.807, 2.05) is 48.7 Å². The van der Waals surface area contributed by atoms with Crippen LogP contribution in [0.2, 0.25) is 0 Å². The molecule has 0 amide bonds. The monoisotopic (exact) mass is 336 g/mol. The summed E-state index contributed by atoms with van der Waals surface area (Å²) in [5.41, 5.74) is 3.49. The topological polar surface area (TPSA) is 43.4 Å². The van der Waals surface area contributed by atoms with Crippen molar-refractivity contribution in [3.05, 3.63) is 82.0 Å². The van der Waals surface area contributed by atoms with Crippen molar-refractivity contribution in [3.8, 4) is 11.1 Å². The molecular weight excluding hydrogens is 320 g/mol. The van der Waals surface area contributed by atoms with Crippen LogP contribution < -0.4 is 0 Å². The number of benzene rings is 2. The number of ketones is 1. The Morgan fingerprint density at radius 3 is 2.38 bits per heavy atom. The van der Waals surface area contributed by atoms with Crippen molar-refractivity contribution < 1.29 is 14.3 Å². The van der Waals surface area contributed by atoms with Crippen LogP contribution in [0.1, 0.15) is 25.6 Å². The van der Waals surface area contributed by atoms with Gasteiger partial charge in [-0.05, 0) is 23.9 Å². The van der Waals surface area contributed by atoms with Gasteiger partial charge in [-0.15, -0.1) is 11.3 Å². The van der Waals surface area contributed by atoms with Crippen molar-refractivity contribution >= 4 is 23.1 Å². The zero-order chi connectivity index (χ0) is 16.9. The Hall–Kier alpha value is -2.72. The predicted molar refractivity (Wildman–Crippen MR) is 95.5 cm³/mol. The van der Waals surface area contributed by atoms with E-state index in [1.165, 1.54) is 11.3 Å². The molecule has 0 unspecified atom stereocenters. The van der Waals surface area contributed by atoms with E-state index in [0.717, 1.165) is 16.7 Å². The third-order valence-corrected chi connectivity index (χ3v) is 4.54. The summed E-state index contributed by atoms with van der Waals surface area (Å²) >= 11 is 1.32. The Kier molecular flexibility index (Phi) is 4.87. The number of carbonyl (C=O) groups is 2. The van der Waals surface area contributed by atoms with Gasteiger partial charge in [0.1, 0.15) is 4.88 Å². The predicted octanol–water partition coefficient (Wildman–Crippen LogP) is 4.76. The Morgan fingerprint density at radius 1 is 0.958 bits per heavy atom. The first-order chi connectivity index (χ1) is 11.6. The smallest absolute Gasteiger partial charge is 0.349 e. The second-order valence-corrected chi connectivity index (χ2v) is 6.31. The number of hydrogen-bond acceptors (Lipinski definition) is 4. The van der Waals surface area contributed by atoms with Crippen LogP contribution in [0.3, 0.4) is 0 Å². The number of thiophene rings is 1. The van der Waals surface area contributed by atoms with E-state index < -0.39 is 5.97 Å². The van der Waals surface area contributed by atoms with Gasteiger partial charge in [0.05, 0.1) is 0 Å². The van der Waals surface area contributed by atoms with Crippen LogP contribution in [-0.2, 0) is 4.74 Å². The lowest BCUT2D eigenvalue weighted by molar-refractivity contribution is 0.0480. The van der Waals surface area contributed by atoms with Crippen LogP contribution in [0.5, 0.6) is 0 Å². The maximum absolute atomic E-state index is 12.3. The number of ether oxygens (including phenoxy) is 1. The molecule has 0 saturated heterocycles. The molecule has 0 bridgehead atoms. The third-order valence-electron chi connectivity index (χ3n) is 3.64. The Morgan fingerprint density at radius 2 is 1.67 bits per heavy atom. The van der Waals surface area contributed by atoms with Crippen molar-refractivity contribution in [2.75, 3.05) is 6.61 Å². The fourth-order valence-corrected chi connectivity index (χ4v) is 3.14. The van der Waals surface area contributed by atoms with Gasteiger partial charge < -0.3 is 4.74 Å². The number of esters is 1. The highest BCUT2D eigenvalue weighted by molar-refractivity contribution is 7.12. The van der Waals surface area contributed by atoms with E-state index >= 15 is 0 Å². The molecule has 0 fully saturated rings. The van der Waals surface area contributed by atoms with Crippen molar-refractivity contribution in [3.63, 3.8) is 0 Å². The van der Waals surface area contributed by atoms with Crippen molar-refractivity contribution in [1.82, 2.24) is 0 Å². The molecular formula is C20H16O3S. The molecule has 0 radical (unpaired) electrons. The van der Waals surface area contributed by atoms with Crippen LogP contribution in [0, 0.1) is 6.92 Å². The summed E-state index contributed by atoms with van der Waals surface area (Å²) in [5.74, 6) is -0.678. The van der Waals surface area contributed by atoms with Gasteiger partial charge in [0.2, 0.25) is 0 Å². The molecule has 2 aromatic carbocycles. The third kappa shape index (κ3) is 3.60. The maximum Gasteiger partial charge on any atom is 0.349 e. The van der Waals surface area contributed by atoms with Gasteiger partial charge in [-0.3, -0.25) is 4.79 Å². The van der Waals surface area contributed by atoms with E-state index in [1.54, 1.807) is 24.3 Å². The highest BCUT2D eigenvalue weighted by atomic mass is 32.1. The van der Waals surface area contributed by atoms with E-state index in [-0.39, 0.29) is 12.4 Å². The average molecular weight is 336 g/mol. The highest BCUT2D eigenvalue weighted by Crippen LogP contribution is 2.29. The molecule has 0 spiro atoms. The van der Waals surface area contributed by atoms with E-state index in [0.29, 0.717) is 10.4 Å². The minimum absolute atomic E-state index is 0.211. The lowest BCUT2D eigenvalue weighted by Gasteiger charge is -2.06. The number of aryl methyl sites for hydroxylation is 1. The number of carbonyl (C=O) groups excluding carboxylic acids is 2. The summed E-state index contributed by atoms with van der Waals surface area (Å²) in [6, 6.07) is 18.7. The summed E-state index contributed by atoms with van der Waals surface area (Å²) in [6.45, 7) is 1.76. The molecule has 0 N–H and O–H groups in total. The van der Waals surface area contributed by atoms with Gasteiger partial charge in [-0.2, -0.15) is 0 Å². The summed E-state index contributed by atoms with van der Waals surface area (Å²) in [7, 11) is 0. The second-order valence-electron chi connectivity index (χ2n) is 5.39. The maximum atomic E-state index is 12.3. The zero-order valence-electron chi connectivity index (χ0n) is 13.2. The second kappa shape index (κ2) is 7.23. The van der Waals surface area contributed by atoms with Crippen molar-refractivity contribution in [1.29, 1.82) is 0 Å². The minimum Gasteiger partial charge on any atom is -0.453 e. The average Bonchev–Trinajstić information content (AvgIpc) is 3.10. The van der Waals surface area contributed by atoms with Crippen molar-refractivity contribution in [2.24, 2.45) is 0 Å². The molecule has 3 nitrogen and oxygen atoms in total. The Balaban J connectivity index is 1.71. The van der Waals surface area contributed by atoms with Gasteiger partial charge in [0, 0.05) is 11.1 Å². The van der Waals surface area contributed by atoms with Gasteiger partial charge in [-0.25, -0.2) is 4.79 Å². The molecule has 1 heterocycles. The molecule has 24 heavy (non-hydrogen) atoms. The molecule has 120 valence electrons. The van der Waals surface area contributed by atoms with E-state index in [2.05, 4.69) is 0 Å². The van der Waals surface area contributed by atoms with Crippen LogP contribution in [0.4, 0.5) is 0 Å².